The van der Waals surface area contributed by atoms with E-state index in [1.807, 2.05) is 4.90 Å². The summed E-state index contributed by atoms with van der Waals surface area (Å²) in [5, 5.41) is 4.08. The lowest BCUT2D eigenvalue weighted by Crippen LogP contribution is -2.34. The van der Waals surface area contributed by atoms with E-state index >= 15 is 0 Å². The molecule has 4 rings (SSSR count). The standard InChI is InChI=1S/C16H17F3N4O/c17-16(18,19)12-3-6-20-13(9-12)23-7-4-10(5-8-23)14-21-15(24-22-14)11-1-2-11/h3,6,9-11H,1-2,4-5,7-8H2. The van der Waals surface area contributed by atoms with Crippen LogP contribution in [0.4, 0.5) is 19.0 Å². The average molecular weight is 338 g/mol. The van der Waals surface area contributed by atoms with Crippen molar-refractivity contribution >= 4 is 5.82 Å². The van der Waals surface area contributed by atoms with Crippen LogP contribution in [0.1, 0.15) is 54.8 Å². The Bertz CT molecular complexity index is 718. The molecular weight excluding hydrogens is 321 g/mol. The highest BCUT2D eigenvalue weighted by Gasteiger charge is 2.33. The number of hydrogen-bond acceptors (Lipinski definition) is 5. The number of aromatic nitrogens is 3. The topological polar surface area (TPSA) is 55.1 Å². The van der Waals surface area contributed by atoms with Crippen LogP contribution >= 0.6 is 0 Å². The van der Waals surface area contributed by atoms with E-state index in [1.54, 1.807) is 0 Å². The van der Waals surface area contributed by atoms with Gasteiger partial charge in [-0.1, -0.05) is 5.16 Å². The summed E-state index contributed by atoms with van der Waals surface area (Å²) in [6.07, 6.45) is 0.650. The molecule has 2 fully saturated rings. The Balaban J connectivity index is 1.42. The molecule has 5 nitrogen and oxygen atoms in total. The molecule has 2 aromatic heterocycles. The second kappa shape index (κ2) is 5.75. The Kier molecular flexibility index (Phi) is 3.69. The van der Waals surface area contributed by atoms with E-state index in [-0.39, 0.29) is 5.92 Å². The zero-order valence-electron chi connectivity index (χ0n) is 13.0. The largest absolute Gasteiger partial charge is 0.416 e. The molecule has 24 heavy (non-hydrogen) atoms. The van der Waals surface area contributed by atoms with Crippen LogP contribution in [-0.4, -0.2) is 28.2 Å². The molecule has 0 N–H and O–H groups in total. The predicted molar refractivity (Wildman–Crippen MR) is 79.7 cm³/mol. The van der Waals surface area contributed by atoms with Gasteiger partial charge in [-0.2, -0.15) is 18.2 Å². The lowest BCUT2D eigenvalue weighted by atomic mass is 9.96. The van der Waals surface area contributed by atoms with Gasteiger partial charge < -0.3 is 9.42 Å². The van der Waals surface area contributed by atoms with E-state index in [0.29, 0.717) is 24.8 Å². The van der Waals surface area contributed by atoms with Crippen molar-refractivity contribution in [1.82, 2.24) is 15.1 Å². The van der Waals surface area contributed by atoms with E-state index in [1.165, 1.54) is 6.20 Å². The molecule has 1 saturated heterocycles. The van der Waals surface area contributed by atoms with Crippen LogP contribution in [0.2, 0.25) is 0 Å². The third-order valence-corrected chi connectivity index (χ3v) is 4.64. The Morgan fingerprint density at radius 3 is 2.50 bits per heavy atom. The smallest absolute Gasteiger partial charge is 0.357 e. The van der Waals surface area contributed by atoms with Gasteiger partial charge in [-0.05, 0) is 37.8 Å². The number of alkyl halides is 3. The van der Waals surface area contributed by atoms with Crippen LogP contribution in [0.15, 0.2) is 22.9 Å². The van der Waals surface area contributed by atoms with E-state index in [9.17, 15) is 13.2 Å². The molecule has 2 aromatic rings. The molecule has 8 heteroatoms. The van der Waals surface area contributed by atoms with Crippen LogP contribution in [-0.2, 0) is 6.18 Å². The number of nitrogens with zero attached hydrogens (tertiary/aromatic N) is 4. The highest BCUT2D eigenvalue weighted by molar-refractivity contribution is 5.42. The third-order valence-electron chi connectivity index (χ3n) is 4.64. The number of hydrogen-bond donors (Lipinski definition) is 0. The van der Waals surface area contributed by atoms with Gasteiger partial charge in [-0.25, -0.2) is 4.98 Å². The molecular formula is C16H17F3N4O. The molecule has 0 amide bonds. The lowest BCUT2D eigenvalue weighted by molar-refractivity contribution is -0.137. The highest BCUT2D eigenvalue weighted by atomic mass is 19.4. The summed E-state index contributed by atoms with van der Waals surface area (Å²) in [6.45, 7) is 1.26. The second-order valence-corrected chi connectivity index (χ2v) is 6.43. The Labute approximate surface area is 136 Å². The molecule has 1 aliphatic heterocycles. The van der Waals surface area contributed by atoms with Crippen LogP contribution in [0, 0.1) is 0 Å². The normalized spacial score (nSPS) is 19.7. The Morgan fingerprint density at radius 1 is 1.08 bits per heavy atom. The summed E-state index contributed by atoms with van der Waals surface area (Å²) in [5.41, 5.74) is -0.665. The van der Waals surface area contributed by atoms with Crippen molar-refractivity contribution in [1.29, 1.82) is 0 Å². The molecule has 0 bridgehead atoms. The Morgan fingerprint density at radius 2 is 1.83 bits per heavy atom. The number of rotatable bonds is 3. The first-order chi connectivity index (χ1) is 11.5. The quantitative estimate of drug-likeness (QED) is 0.853. The third kappa shape index (κ3) is 3.09. The summed E-state index contributed by atoms with van der Waals surface area (Å²) < 4.78 is 43.7. The van der Waals surface area contributed by atoms with E-state index < -0.39 is 11.7 Å². The zero-order chi connectivity index (χ0) is 16.7. The molecule has 2 aliphatic rings. The predicted octanol–water partition coefficient (Wildman–Crippen LogP) is 3.74. The van der Waals surface area contributed by atoms with Crippen molar-refractivity contribution in [3.8, 4) is 0 Å². The summed E-state index contributed by atoms with van der Waals surface area (Å²) in [7, 11) is 0. The summed E-state index contributed by atoms with van der Waals surface area (Å²) >= 11 is 0. The second-order valence-electron chi connectivity index (χ2n) is 6.43. The minimum atomic E-state index is -4.35. The number of pyridine rings is 1. The Hall–Kier alpha value is -2.12. The monoisotopic (exact) mass is 338 g/mol. The molecule has 1 aliphatic carbocycles. The molecule has 0 aromatic carbocycles. The van der Waals surface area contributed by atoms with Gasteiger partial charge in [-0.3, -0.25) is 0 Å². The SMILES string of the molecule is FC(F)(F)c1ccnc(N2CCC(c3noc(C4CC4)n3)CC2)c1. The van der Waals surface area contributed by atoms with E-state index in [2.05, 4.69) is 15.1 Å². The van der Waals surface area contributed by atoms with Crippen LogP contribution < -0.4 is 4.90 Å². The van der Waals surface area contributed by atoms with Gasteiger partial charge in [0, 0.05) is 31.1 Å². The first-order valence-corrected chi connectivity index (χ1v) is 8.12. The minimum Gasteiger partial charge on any atom is -0.357 e. The minimum absolute atomic E-state index is 0.197. The van der Waals surface area contributed by atoms with Crippen LogP contribution in [0.3, 0.4) is 0 Å². The summed E-state index contributed by atoms with van der Waals surface area (Å²) in [6, 6.07) is 2.11. The molecule has 128 valence electrons. The molecule has 0 unspecified atom stereocenters. The van der Waals surface area contributed by atoms with Crippen molar-refractivity contribution < 1.29 is 17.7 Å². The van der Waals surface area contributed by atoms with Crippen molar-refractivity contribution in [3.05, 3.63) is 35.6 Å². The molecule has 0 atom stereocenters. The number of piperidine rings is 1. The highest BCUT2D eigenvalue weighted by Crippen LogP contribution is 2.40. The molecule has 3 heterocycles. The van der Waals surface area contributed by atoms with Gasteiger partial charge in [0.05, 0.1) is 5.56 Å². The first-order valence-electron chi connectivity index (χ1n) is 8.12. The average Bonchev–Trinajstić information content (AvgIpc) is 3.32. The molecule has 1 saturated carbocycles. The van der Waals surface area contributed by atoms with Crippen LogP contribution in [0.25, 0.3) is 0 Å². The van der Waals surface area contributed by atoms with E-state index in [0.717, 1.165) is 49.5 Å². The van der Waals surface area contributed by atoms with Crippen LogP contribution in [0.5, 0.6) is 0 Å². The maximum atomic E-state index is 12.8. The van der Waals surface area contributed by atoms with Crippen molar-refractivity contribution in [2.75, 3.05) is 18.0 Å². The number of halogens is 3. The maximum Gasteiger partial charge on any atom is 0.416 e. The van der Waals surface area contributed by atoms with E-state index in [4.69, 9.17) is 4.52 Å². The fourth-order valence-electron chi connectivity index (χ4n) is 3.04. The molecule has 0 spiro atoms. The summed E-state index contributed by atoms with van der Waals surface area (Å²) in [5.74, 6) is 2.46. The zero-order valence-corrected chi connectivity index (χ0v) is 13.0. The fraction of sp³-hybridized carbons (Fsp3) is 0.562. The van der Waals surface area contributed by atoms with Gasteiger partial charge in [0.2, 0.25) is 5.89 Å². The number of anilines is 1. The van der Waals surface area contributed by atoms with Crippen molar-refractivity contribution in [2.45, 2.75) is 43.7 Å². The fourth-order valence-corrected chi connectivity index (χ4v) is 3.04. The van der Waals surface area contributed by atoms with Gasteiger partial charge in [0.15, 0.2) is 5.82 Å². The maximum absolute atomic E-state index is 12.8. The van der Waals surface area contributed by atoms with Gasteiger partial charge in [0.1, 0.15) is 5.82 Å². The van der Waals surface area contributed by atoms with Crippen molar-refractivity contribution in [3.63, 3.8) is 0 Å². The van der Waals surface area contributed by atoms with Gasteiger partial charge in [-0.15, -0.1) is 0 Å². The van der Waals surface area contributed by atoms with Gasteiger partial charge in [0.25, 0.3) is 0 Å². The van der Waals surface area contributed by atoms with Gasteiger partial charge >= 0.3 is 6.18 Å². The van der Waals surface area contributed by atoms with Crippen molar-refractivity contribution in [2.24, 2.45) is 0 Å². The summed E-state index contributed by atoms with van der Waals surface area (Å²) in [4.78, 5) is 10.4. The first kappa shape index (κ1) is 15.4. The lowest BCUT2D eigenvalue weighted by Gasteiger charge is -2.31. The molecule has 0 radical (unpaired) electrons.